The molecular weight excluding hydrogens is 347 g/mol. The summed E-state index contributed by atoms with van der Waals surface area (Å²) in [6.45, 7) is 1.74. The van der Waals surface area contributed by atoms with Gasteiger partial charge in [-0.3, -0.25) is 4.90 Å². The summed E-state index contributed by atoms with van der Waals surface area (Å²) < 4.78 is 27.5. The monoisotopic (exact) mass is 370 g/mol. The minimum absolute atomic E-state index is 0.293. The lowest BCUT2D eigenvalue weighted by Gasteiger charge is -2.15. The number of rotatable bonds is 6. The second kappa shape index (κ2) is 7.62. The van der Waals surface area contributed by atoms with Crippen molar-refractivity contribution in [3.63, 3.8) is 0 Å². The lowest BCUT2D eigenvalue weighted by atomic mass is 10.3. The van der Waals surface area contributed by atoms with Crippen LogP contribution < -0.4 is 4.74 Å². The number of hydrogen-bond acceptors (Lipinski definition) is 5. The van der Waals surface area contributed by atoms with Gasteiger partial charge < -0.3 is 14.0 Å². The molecule has 1 saturated heterocycles. The van der Waals surface area contributed by atoms with E-state index in [0.29, 0.717) is 32.1 Å². The fraction of sp³-hybridized carbons (Fsp3) is 0.400. The number of hydrogen-bond donors (Lipinski definition) is 0. The van der Waals surface area contributed by atoms with E-state index >= 15 is 0 Å². The van der Waals surface area contributed by atoms with Crippen LogP contribution in [0.15, 0.2) is 42.5 Å². The average molecular weight is 370 g/mol. The minimum Gasteiger partial charge on any atom is -0.481 e. The molecule has 0 radical (unpaired) electrons. The van der Waals surface area contributed by atoms with Crippen molar-refractivity contribution in [2.24, 2.45) is 7.05 Å². The molecule has 1 fully saturated rings. The van der Waals surface area contributed by atoms with Gasteiger partial charge in [0.1, 0.15) is 24.7 Å². The maximum atomic E-state index is 14.5. The molecule has 1 aliphatic heterocycles. The first-order chi connectivity index (χ1) is 13.1. The highest BCUT2D eigenvalue weighted by Gasteiger charge is 2.34. The van der Waals surface area contributed by atoms with Crippen LogP contribution in [-0.2, 0) is 24.9 Å². The molecule has 142 valence electrons. The molecule has 4 rings (SSSR count). The second-order valence-electron chi connectivity index (χ2n) is 6.81. The summed E-state index contributed by atoms with van der Waals surface area (Å²) in [6.07, 6.45) is -1.49. The lowest BCUT2D eigenvalue weighted by molar-refractivity contribution is 0.00747. The van der Waals surface area contributed by atoms with Gasteiger partial charge in [-0.25, -0.2) is 14.4 Å². The van der Waals surface area contributed by atoms with Crippen molar-refractivity contribution in [3.05, 3.63) is 54.0 Å². The van der Waals surface area contributed by atoms with Crippen LogP contribution in [0.25, 0.3) is 11.0 Å². The molecule has 0 amide bonds. The van der Waals surface area contributed by atoms with Crippen LogP contribution in [0.5, 0.6) is 5.88 Å². The van der Waals surface area contributed by atoms with Gasteiger partial charge in [-0.1, -0.05) is 18.2 Å². The second-order valence-corrected chi connectivity index (χ2v) is 6.81. The number of imidazole rings is 1. The summed E-state index contributed by atoms with van der Waals surface area (Å²) in [5, 5.41) is 0. The topological polar surface area (TPSA) is 52.4 Å². The van der Waals surface area contributed by atoms with E-state index in [2.05, 4.69) is 9.97 Å². The number of nitrogens with zero attached hydrogens (tertiary/aromatic N) is 4. The molecule has 2 atom stereocenters. The average Bonchev–Trinajstić information content (AvgIpc) is 3.19. The van der Waals surface area contributed by atoms with Gasteiger partial charge in [0.2, 0.25) is 5.88 Å². The zero-order valence-electron chi connectivity index (χ0n) is 15.5. The highest BCUT2D eigenvalue weighted by atomic mass is 19.1. The zero-order valence-corrected chi connectivity index (χ0v) is 15.5. The Morgan fingerprint density at radius 3 is 2.78 bits per heavy atom. The predicted molar refractivity (Wildman–Crippen MR) is 100 cm³/mol. The Hall–Kier alpha value is -2.51. The molecule has 0 N–H and O–H groups in total. The Labute approximate surface area is 157 Å². The van der Waals surface area contributed by atoms with Crippen LogP contribution in [0.4, 0.5) is 4.39 Å². The van der Waals surface area contributed by atoms with E-state index in [1.165, 1.54) is 0 Å². The van der Waals surface area contributed by atoms with Gasteiger partial charge in [-0.15, -0.1) is 0 Å². The summed E-state index contributed by atoms with van der Waals surface area (Å²) in [4.78, 5) is 11.0. The van der Waals surface area contributed by atoms with E-state index in [-0.39, 0.29) is 0 Å². The highest BCUT2D eigenvalue weighted by Crippen LogP contribution is 2.21. The van der Waals surface area contributed by atoms with E-state index < -0.39 is 12.3 Å². The Kier molecular flexibility index (Phi) is 5.05. The summed E-state index contributed by atoms with van der Waals surface area (Å²) in [5.41, 5.74) is 2.83. The van der Waals surface area contributed by atoms with Gasteiger partial charge in [0.05, 0.1) is 23.8 Å². The molecule has 1 aromatic carbocycles. The number of aromatic nitrogens is 3. The Morgan fingerprint density at radius 2 is 1.96 bits per heavy atom. The molecule has 6 nitrogen and oxygen atoms in total. The fourth-order valence-electron chi connectivity index (χ4n) is 3.49. The smallest absolute Gasteiger partial charge is 0.213 e. The van der Waals surface area contributed by atoms with E-state index in [9.17, 15) is 4.39 Å². The van der Waals surface area contributed by atoms with Gasteiger partial charge in [-0.2, -0.15) is 0 Å². The first-order valence-corrected chi connectivity index (χ1v) is 9.02. The molecule has 27 heavy (non-hydrogen) atoms. The molecule has 3 heterocycles. The van der Waals surface area contributed by atoms with Crippen LogP contribution in [0.2, 0.25) is 0 Å². The fourth-order valence-corrected chi connectivity index (χ4v) is 3.49. The van der Waals surface area contributed by atoms with E-state index in [0.717, 1.165) is 22.6 Å². The van der Waals surface area contributed by atoms with Crippen molar-refractivity contribution in [2.45, 2.75) is 25.4 Å². The summed E-state index contributed by atoms with van der Waals surface area (Å²) in [6, 6.07) is 13.5. The first-order valence-electron chi connectivity index (χ1n) is 9.02. The third kappa shape index (κ3) is 3.79. The van der Waals surface area contributed by atoms with E-state index in [1.54, 1.807) is 13.2 Å². The number of alkyl halides is 1. The third-order valence-electron chi connectivity index (χ3n) is 4.96. The quantitative estimate of drug-likeness (QED) is 0.668. The molecule has 7 heteroatoms. The normalized spacial score (nSPS) is 20.4. The van der Waals surface area contributed by atoms with Crippen LogP contribution in [0.1, 0.15) is 11.5 Å². The molecule has 0 unspecified atom stereocenters. The van der Waals surface area contributed by atoms with Crippen LogP contribution in [-0.4, -0.2) is 51.9 Å². The maximum Gasteiger partial charge on any atom is 0.213 e. The van der Waals surface area contributed by atoms with Gasteiger partial charge in [0.15, 0.2) is 0 Å². The lowest BCUT2D eigenvalue weighted by Crippen LogP contribution is -2.25. The van der Waals surface area contributed by atoms with Gasteiger partial charge in [0, 0.05) is 32.7 Å². The number of halogens is 1. The zero-order chi connectivity index (χ0) is 18.8. The Balaban J connectivity index is 1.37. The number of aryl methyl sites for hydroxylation is 1. The first kappa shape index (κ1) is 17.9. The van der Waals surface area contributed by atoms with E-state index in [4.69, 9.17) is 9.47 Å². The molecule has 1 aliphatic rings. The van der Waals surface area contributed by atoms with Crippen molar-refractivity contribution in [3.8, 4) is 5.88 Å². The molecule has 0 aliphatic carbocycles. The van der Waals surface area contributed by atoms with Crippen molar-refractivity contribution < 1.29 is 13.9 Å². The molecule has 0 bridgehead atoms. The predicted octanol–water partition coefficient (Wildman–Crippen LogP) is 2.72. The van der Waals surface area contributed by atoms with Crippen LogP contribution >= 0.6 is 0 Å². The van der Waals surface area contributed by atoms with Crippen LogP contribution in [0, 0.1) is 0 Å². The number of para-hydroxylation sites is 2. The van der Waals surface area contributed by atoms with Crippen molar-refractivity contribution in [1.29, 1.82) is 0 Å². The summed E-state index contributed by atoms with van der Waals surface area (Å²) in [7, 11) is 3.54. The van der Waals surface area contributed by atoms with Crippen LogP contribution in [0.3, 0.4) is 0 Å². The Bertz CT molecular complexity index is 929. The summed E-state index contributed by atoms with van der Waals surface area (Å²) >= 11 is 0. The molecule has 2 aromatic heterocycles. The minimum atomic E-state index is -1.02. The van der Waals surface area contributed by atoms with Gasteiger partial charge in [0.25, 0.3) is 0 Å². The third-order valence-corrected chi connectivity index (χ3v) is 4.96. The van der Waals surface area contributed by atoms with Crippen molar-refractivity contribution >= 4 is 11.0 Å². The maximum absolute atomic E-state index is 14.5. The van der Waals surface area contributed by atoms with E-state index in [1.807, 2.05) is 52.9 Å². The number of methoxy groups -OCH3 is 1. The number of fused-ring (bicyclic) bond motifs is 1. The van der Waals surface area contributed by atoms with Gasteiger partial charge in [-0.05, 0) is 18.2 Å². The molecule has 0 spiro atoms. The largest absolute Gasteiger partial charge is 0.481 e. The molecule has 0 saturated carbocycles. The number of ether oxygens (including phenoxy) is 2. The van der Waals surface area contributed by atoms with Crippen molar-refractivity contribution in [1.82, 2.24) is 19.4 Å². The number of likely N-dealkylation sites (tertiary alicyclic amines) is 1. The Morgan fingerprint density at radius 1 is 1.11 bits per heavy atom. The van der Waals surface area contributed by atoms with Crippen molar-refractivity contribution in [2.75, 3.05) is 20.2 Å². The standard InChI is InChI=1S/C20H23FN4O2/c1-24-17-8-4-3-7-16(17)23-19(24)13-27-18-12-25(11-15(18)21)10-14-6-5-9-20(22-14)26-2/h3-9,15,18H,10-13H2,1-2H3/t15-,18+/m1/s1. The molecule has 3 aromatic rings. The molecular formula is C20H23FN4O2. The number of pyridine rings is 1. The number of benzene rings is 1. The highest BCUT2D eigenvalue weighted by molar-refractivity contribution is 5.75. The summed E-state index contributed by atoms with van der Waals surface area (Å²) in [5.74, 6) is 1.37. The van der Waals surface area contributed by atoms with Gasteiger partial charge >= 0.3 is 0 Å². The SMILES string of the molecule is COc1cccc(CN2C[C@@H](F)[C@@H](OCc3nc4ccccc4n3C)C2)n1.